The average Bonchev–Trinajstić information content (AvgIpc) is 3.52. The zero-order valence-electron chi connectivity index (χ0n) is 20.0. The van der Waals surface area contributed by atoms with Crippen LogP contribution in [-0.4, -0.2) is 62.9 Å². The SMILES string of the molecule is O=C(c1nc2ccc(Cl)cc2[nH]1)N1CCCC[C@H]1CCN1CCC(c2c[nH]c3ccccc23)CC1. The standard InChI is InChI=1S/C28H32ClN5O/c29-20-8-9-25-26(17-20)32-27(31-25)28(35)34-13-4-3-5-21(34)12-16-33-14-10-19(11-15-33)23-18-30-24-7-2-1-6-22(23)24/h1-2,6-9,17-19,21,30H,3-5,10-16H2,(H,31,32)/t21-/m0/s1. The largest absolute Gasteiger partial charge is 0.361 e. The average molecular weight is 490 g/mol. The van der Waals surface area contributed by atoms with Gasteiger partial charge in [-0.05, 0) is 87.4 Å². The fourth-order valence-corrected chi connectivity index (χ4v) is 6.19. The minimum absolute atomic E-state index is 0.0140. The number of fused-ring (bicyclic) bond motifs is 2. The number of imidazole rings is 1. The molecule has 2 aromatic carbocycles. The topological polar surface area (TPSA) is 68.0 Å². The molecule has 4 heterocycles. The lowest BCUT2D eigenvalue weighted by Crippen LogP contribution is -2.46. The Morgan fingerprint density at radius 1 is 1.03 bits per heavy atom. The second kappa shape index (κ2) is 9.67. The van der Waals surface area contributed by atoms with Crippen LogP contribution in [-0.2, 0) is 0 Å². The molecule has 2 saturated heterocycles. The number of nitrogens with zero attached hydrogens (tertiary/aromatic N) is 3. The van der Waals surface area contributed by atoms with Crippen molar-refractivity contribution in [3.8, 4) is 0 Å². The Balaban J connectivity index is 1.07. The minimum Gasteiger partial charge on any atom is -0.361 e. The molecule has 2 fully saturated rings. The molecule has 0 bridgehead atoms. The number of hydrogen-bond acceptors (Lipinski definition) is 3. The van der Waals surface area contributed by atoms with Gasteiger partial charge < -0.3 is 19.8 Å². The molecule has 2 aliphatic heterocycles. The first-order valence-corrected chi connectivity index (χ1v) is 13.3. The lowest BCUT2D eigenvalue weighted by atomic mass is 9.89. The van der Waals surface area contributed by atoms with E-state index in [0.717, 1.165) is 56.5 Å². The molecule has 182 valence electrons. The van der Waals surface area contributed by atoms with Gasteiger partial charge >= 0.3 is 0 Å². The van der Waals surface area contributed by atoms with Gasteiger partial charge in [-0.25, -0.2) is 4.98 Å². The summed E-state index contributed by atoms with van der Waals surface area (Å²) in [4.78, 5) is 29.2. The first kappa shape index (κ1) is 22.6. The maximum atomic E-state index is 13.4. The van der Waals surface area contributed by atoms with Gasteiger partial charge in [-0.1, -0.05) is 29.8 Å². The Morgan fingerprint density at radius 2 is 1.89 bits per heavy atom. The summed E-state index contributed by atoms with van der Waals surface area (Å²) in [5, 5.41) is 2.01. The molecular formula is C28H32ClN5O. The van der Waals surface area contributed by atoms with Crippen LogP contribution in [0.4, 0.5) is 0 Å². The van der Waals surface area contributed by atoms with Crippen LogP contribution in [0.15, 0.2) is 48.7 Å². The lowest BCUT2D eigenvalue weighted by Gasteiger charge is -2.38. The molecule has 0 saturated carbocycles. The number of carbonyl (C=O) groups excluding carboxylic acids is 1. The fraction of sp³-hybridized carbons (Fsp3) is 0.429. The highest BCUT2D eigenvalue weighted by molar-refractivity contribution is 6.31. The van der Waals surface area contributed by atoms with Crippen molar-refractivity contribution in [1.29, 1.82) is 0 Å². The summed E-state index contributed by atoms with van der Waals surface area (Å²) >= 11 is 6.11. The first-order chi connectivity index (χ1) is 17.2. The van der Waals surface area contributed by atoms with Crippen LogP contribution in [0.25, 0.3) is 21.9 Å². The molecule has 6 rings (SSSR count). The predicted octanol–water partition coefficient (Wildman–Crippen LogP) is 5.96. The highest BCUT2D eigenvalue weighted by Crippen LogP contribution is 2.33. The number of amides is 1. The van der Waals surface area contributed by atoms with Crippen LogP contribution >= 0.6 is 11.6 Å². The van der Waals surface area contributed by atoms with Crippen molar-refractivity contribution in [3.63, 3.8) is 0 Å². The number of hydrogen-bond donors (Lipinski definition) is 2. The van der Waals surface area contributed by atoms with Crippen LogP contribution in [0, 0.1) is 0 Å². The van der Waals surface area contributed by atoms with E-state index in [1.54, 1.807) is 0 Å². The number of carbonyl (C=O) groups is 1. The number of rotatable bonds is 5. The van der Waals surface area contributed by atoms with E-state index < -0.39 is 0 Å². The van der Waals surface area contributed by atoms with Crippen LogP contribution in [0.1, 0.15) is 60.6 Å². The summed E-state index contributed by atoms with van der Waals surface area (Å²) in [7, 11) is 0. The maximum Gasteiger partial charge on any atom is 0.289 e. The zero-order chi connectivity index (χ0) is 23.8. The second-order valence-electron chi connectivity index (χ2n) is 10.1. The zero-order valence-corrected chi connectivity index (χ0v) is 20.7. The third kappa shape index (κ3) is 4.57. The molecule has 2 aromatic heterocycles. The number of nitrogens with one attached hydrogen (secondary N) is 2. The number of benzene rings is 2. The van der Waals surface area contributed by atoms with Crippen LogP contribution in [0.3, 0.4) is 0 Å². The summed E-state index contributed by atoms with van der Waals surface area (Å²) < 4.78 is 0. The quantitative estimate of drug-likeness (QED) is 0.363. The molecule has 1 atom stereocenters. The number of likely N-dealkylation sites (tertiary alicyclic amines) is 2. The second-order valence-corrected chi connectivity index (χ2v) is 10.5. The summed E-state index contributed by atoms with van der Waals surface area (Å²) in [5.74, 6) is 1.06. The van der Waals surface area contributed by atoms with Gasteiger partial charge in [-0.3, -0.25) is 4.79 Å². The summed E-state index contributed by atoms with van der Waals surface area (Å²) in [6.45, 7) is 4.10. The normalized spacial score (nSPS) is 20.1. The molecule has 7 heteroatoms. The summed E-state index contributed by atoms with van der Waals surface area (Å²) in [6.07, 6.45) is 8.94. The Bertz CT molecular complexity index is 1340. The Hall–Kier alpha value is -2.83. The van der Waals surface area contributed by atoms with Crippen molar-refractivity contribution in [2.24, 2.45) is 0 Å². The van der Waals surface area contributed by atoms with Gasteiger partial charge in [0.25, 0.3) is 5.91 Å². The van der Waals surface area contributed by atoms with E-state index in [0.29, 0.717) is 16.8 Å². The summed E-state index contributed by atoms with van der Waals surface area (Å²) in [5.41, 5.74) is 4.30. The molecule has 6 nitrogen and oxygen atoms in total. The molecule has 0 radical (unpaired) electrons. The molecule has 35 heavy (non-hydrogen) atoms. The molecule has 0 unspecified atom stereocenters. The third-order valence-corrected chi connectivity index (χ3v) is 8.20. The van der Waals surface area contributed by atoms with Gasteiger partial charge in [0, 0.05) is 41.3 Å². The van der Waals surface area contributed by atoms with Crippen LogP contribution in [0.5, 0.6) is 0 Å². The molecule has 0 aliphatic carbocycles. The van der Waals surface area contributed by atoms with Crippen LogP contribution in [0.2, 0.25) is 5.02 Å². The van der Waals surface area contributed by atoms with E-state index in [-0.39, 0.29) is 11.9 Å². The number of aromatic amines is 2. The van der Waals surface area contributed by atoms with Gasteiger partial charge in [0.15, 0.2) is 5.82 Å². The number of halogens is 1. The lowest BCUT2D eigenvalue weighted by molar-refractivity contribution is 0.0567. The Morgan fingerprint density at radius 3 is 2.77 bits per heavy atom. The first-order valence-electron chi connectivity index (χ1n) is 12.9. The van der Waals surface area contributed by atoms with Gasteiger partial charge in [-0.2, -0.15) is 0 Å². The van der Waals surface area contributed by atoms with Gasteiger partial charge in [-0.15, -0.1) is 0 Å². The highest BCUT2D eigenvalue weighted by Gasteiger charge is 2.30. The number of H-pyrrole nitrogens is 2. The van der Waals surface area contributed by atoms with E-state index in [1.165, 1.54) is 35.7 Å². The molecule has 1 amide bonds. The van der Waals surface area contributed by atoms with E-state index in [9.17, 15) is 4.79 Å². The highest BCUT2D eigenvalue weighted by atomic mass is 35.5. The van der Waals surface area contributed by atoms with Gasteiger partial charge in [0.1, 0.15) is 0 Å². The molecular weight excluding hydrogens is 458 g/mol. The van der Waals surface area contributed by atoms with Crippen molar-refractivity contribution in [1.82, 2.24) is 24.8 Å². The number of para-hydroxylation sites is 1. The Labute approximate surface area is 210 Å². The summed E-state index contributed by atoms with van der Waals surface area (Å²) in [6, 6.07) is 14.4. The minimum atomic E-state index is 0.0140. The maximum absolute atomic E-state index is 13.4. The van der Waals surface area contributed by atoms with Crippen molar-refractivity contribution in [3.05, 3.63) is 65.1 Å². The smallest absolute Gasteiger partial charge is 0.289 e. The molecule has 4 aromatic rings. The van der Waals surface area contributed by atoms with Crippen molar-refractivity contribution >= 4 is 39.4 Å². The molecule has 0 spiro atoms. The molecule has 2 aliphatic rings. The van der Waals surface area contributed by atoms with Crippen LogP contribution < -0.4 is 0 Å². The van der Waals surface area contributed by atoms with E-state index in [4.69, 9.17) is 11.6 Å². The van der Waals surface area contributed by atoms with Gasteiger partial charge in [0.2, 0.25) is 0 Å². The molecule has 2 N–H and O–H groups in total. The van der Waals surface area contributed by atoms with Crippen molar-refractivity contribution in [2.45, 2.75) is 50.5 Å². The third-order valence-electron chi connectivity index (χ3n) is 7.96. The van der Waals surface area contributed by atoms with Crippen molar-refractivity contribution < 1.29 is 4.79 Å². The number of piperidine rings is 2. The monoisotopic (exact) mass is 489 g/mol. The van der Waals surface area contributed by atoms with E-state index in [2.05, 4.69) is 55.2 Å². The number of aromatic nitrogens is 3. The Kier molecular flexibility index (Phi) is 6.25. The van der Waals surface area contributed by atoms with E-state index in [1.807, 2.05) is 18.2 Å². The van der Waals surface area contributed by atoms with Gasteiger partial charge in [0.05, 0.1) is 11.0 Å². The predicted molar refractivity (Wildman–Crippen MR) is 141 cm³/mol. The van der Waals surface area contributed by atoms with Crippen molar-refractivity contribution in [2.75, 3.05) is 26.2 Å². The van der Waals surface area contributed by atoms with E-state index >= 15 is 0 Å². The fourth-order valence-electron chi connectivity index (χ4n) is 6.02.